The molecule has 1 atom stereocenters. The fourth-order valence-electron chi connectivity index (χ4n) is 2.04. The maximum atomic E-state index is 12.4. The summed E-state index contributed by atoms with van der Waals surface area (Å²) in [7, 11) is -3.51. The Morgan fingerprint density at radius 1 is 1.05 bits per heavy atom. The fourth-order valence-corrected chi connectivity index (χ4v) is 4.19. The average molecular weight is 324 g/mol. The van der Waals surface area contributed by atoms with Gasteiger partial charge >= 0.3 is 0 Å². The molecule has 0 radical (unpaired) electrons. The number of anilines is 1. The molecule has 114 valence electrons. The van der Waals surface area contributed by atoms with E-state index in [2.05, 4.69) is 10.0 Å². The first-order chi connectivity index (χ1) is 9.90. The van der Waals surface area contributed by atoms with Crippen molar-refractivity contribution in [3.63, 3.8) is 0 Å². The van der Waals surface area contributed by atoms with Gasteiger partial charge in [0.15, 0.2) is 0 Å². The zero-order valence-corrected chi connectivity index (χ0v) is 14.0. The molecule has 0 fully saturated rings. The van der Waals surface area contributed by atoms with Crippen molar-refractivity contribution in [3.8, 4) is 0 Å². The number of para-hydroxylation sites is 1. The molecule has 1 aromatic heterocycles. The van der Waals surface area contributed by atoms with Crippen LogP contribution in [0.25, 0.3) is 0 Å². The Bertz CT molecular complexity index is 679. The Hall–Kier alpha value is -1.37. The van der Waals surface area contributed by atoms with E-state index in [-0.39, 0.29) is 17.0 Å². The van der Waals surface area contributed by atoms with Crippen molar-refractivity contribution in [2.24, 2.45) is 0 Å². The van der Waals surface area contributed by atoms with E-state index in [1.807, 2.05) is 44.4 Å². The van der Waals surface area contributed by atoms with Gasteiger partial charge in [0.05, 0.1) is 11.7 Å². The van der Waals surface area contributed by atoms with Gasteiger partial charge in [-0.2, -0.15) is 0 Å². The van der Waals surface area contributed by atoms with Crippen LogP contribution in [0.3, 0.4) is 0 Å². The molecule has 0 spiro atoms. The molecule has 0 amide bonds. The number of rotatable bonds is 6. The van der Waals surface area contributed by atoms with Crippen molar-refractivity contribution in [2.75, 3.05) is 5.32 Å². The largest absolute Gasteiger partial charge is 0.377 e. The second kappa shape index (κ2) is 6.60. The van der Waals surface area contributed by atoms with Crippen LogP contribution in [0.1, 0.15) is 31.7 Å². The molecule has 6 heteroatoms. The van der Waals surface area contributed by atoms with Gasteiger partial charge in [0, 0.05) is 10.9 Å². The number of hydrogen-bond donors (Lipinski definition) is 2. The molecule has 1 aromatic carbocycles. The lowest BCUT2D eigenvalue weighted by Gasteiger charge is -2.18. The predicted molar refractivity (Wildman–Crippen MR) is 88.3 cm³/mol. The number of nitrogens with one attached hydrogen (secondary N) is 2. The van der Waals surface area contributed by atoms with Gasteiger partial charge in [0.2, 0.25) is 10.0 Å². The van der Waals surface area contributed by atoms with E-state index in [0.29, 0.717) is 5.69 Å². The van der Waals surface area contributed by atoms with Crippen molar-refractivity contribution in [2.45, 2.75) is 37.8 Å². The topological polar surface area (TPSA) is 58.2 Å². The minimum atomic E-state index is -3.51. The molecule has 0 saturated heterocycles. The summed E-state index contributed by atoms with van der Waals surface area (Å²) < 4.78 is 27.4. The van der Waals surface area contributed by atoms with Gasteiger partial charge in [-0.3, -0.25) is 0 Å². The first-order valence-electron chi connectivity index (χ1n) is 6.81. The summed E-state index contributed by atoms with van der Waals surface area (Å²) >= 11 is 1.65. The molecule has 1 unspecified atom stereocenters. The van der Waals surface area contributed by atoms with E-state index in [1.54, 1.807) is 29.5 Å². The maximum absolute atomic E-state index is 12.4. The van der Waals surface area contributed by atoms with E-state index >= 15 is 0 Å². The van der Waals surface area contributed by atoms with Crippen LogP contribution in [0.5, 0.6) is 0 Å². The first-order valence-corrected chi connectivity index (χ1v) is 9.17. The van der Waals surface area contributed by atoms with Crippen molar-refractivity contribution in [3.05, 3.63) is 46.7 Å². The highest BCUT2D eigenvalue weighted by Crippen LogP contribution is 2.27. The predicted octanol–water partition coefficient (Wildman–Crippen LogP) is 3.61. The van der Waals surface area contributed by atoms with Gasteiger partial charge in [-0.05, 0) is 44.4 Å². The molecule has 1 heterocycles. The lowest BCUT2D eigenvalue weighted by Crippen LogP contribution is -2.30. The molecule has 2 aromatic rings. The van der Waals surface area contributed by atoms with Crippen LogP contribution < -0.4 is 10.0 Å². The summed E-state index contributed by atoms with van der Waals surface area (Å²) in [6, 6.07) is 10.9. The zero-order valence-electron chi connectivity index (χ0n) is 12.3. The van der Waals surface area contributed by atoms with E-state index in [9.17, 15) is 8.42 Å². The molecular weight excluding hydrogens is 304 g/mol. The summed E-state index contributed by atoms with van der Waals surface area (Å²) in [5, 5.41) is 5.29. The molecular formula is C15H20N2O2S2. The van der Waals surface area contributed by atoms with E-state index in [4.69, 9.17) is 0 Å². The van der Waals surface area contributed by atoms with Gasteiger partial charge in [0.1, 0.15) is 4.90 Å². The number of benzene rings is 1. The lowest BCUT2D eigenvalue weighted by molar-refractivity contribution is 0.570. The van der Waals surface area contributed by atoms with Crippen molar-refractivity contribution >= 4 is 27.0 Å². The lowest BCUT2D eigenvalue weighted by atomic mass is 10.2. The molecule has 0 aliphatic rings. The highest BCUT2D eigenvalue weighted by molar-refractivity contribution is 7.89. The SMILES string of the molecule is CC(C)NS(=O)(=O)c1ccccc1NC(C)c1cccs1. The highest BCUT2D eigenvalue weighted by Gasteiger charge is 2.20. The molecule has 0 bridgehead atoms. The third-order valence-corrected chi connectivity index (χ3v) is 5.68. The van der Waals surface area contributed by atoms with Gasteiger partial charge in [0.25, 0.3) is 0 Å². The standard InChI is InChI=1S/C15H20N2O2S2/c1-11(2)17-21(18,19)15-9-5-4-7-13(15)16-12(3)14-8-6-10-20-14/h4-12,16-17H,1-3H3. The number of sulfonamides is 1. The van der Waals surface area contributed by atoms with E-state index in [1.165, 1.54) is 4.88 Å². The third-order valence-electron chi connectivity index (χ3n) is 2.91. The van der Waals surface area contributed by atoms with Crippen molar-refractivity contribution in [1.82, 2.24) is 4.72 Å². The Morgan fingerprint density at radius 2 is 1.76 bits per heavy atom. The third kappa shape index (κ3) is 4.06. The fraction of sp³-hybridized carbons (Fsp3) is 0.333. The molecule has 0 aliphatic heterocycles. The van der Waals surface area contributed by atoms with Gasteiger partial charge in [-0.1, -0.05) is 18.2 Å². The van der Waals surface area contributed by atoms with Gasteiger partial charge in [-0.15, -0.1) is 11.3 Å². The molecule has 2 rings (SSSR count). The molecule has 0 aliphatic carbocycles. The summed E-state index contributed by atoms with van der Waals surface area (Å²) in [6.45, 7) is 5.63. The van der Waals surface area contributed by atoms with Gasteiger partial charge < -0.3 is 5.32 Å². The first kappa shape index (κ1) is 16.0. The van der Waals surface area contributed by atoms with Crippen LogP contribution in [0.4, 0.5) is 5.69 Å². The van der Waals surface area contributed by atoms with Crippen LogP contribution in [-0.2, 0) is 10.0 Å². The molecule has 0 saturated carbocycles. The van der Waals surface area contributed by atoms with Crippen LogP contribution >= 0.6 is 11.3 Å². The number of hydrogen-bond acceptors (Lipinski definition) is 4. The van der Waals surface area contributed by atoms with E-state index < -0.39 is 10.0 Å². The van der Waals surface area contributed by atoms with Crippen molar-refractivity contribution in [1.29, 1.82) is 0 Å². The normalized spacial score (nSPS) is 13.3. The Morgan fingerprint density at radius 3 is 2.38 bits per heavy atom. The second-order valence-corrected chi connectivity index (χ2v) is 7.82. The Balaban J connectivity index is 2.29. The van der Waals surface area contributed by atoms with Gasteiger partial charge in [-0.25, -0.2) is 13.1 Å². The summed E-state index contributed by atoms with van der Waals surface area (Å²) in [5.74, 6) is 0. The van der Waals surface area contributed by atoms with Crippen LogP contribution in [0.15, 0.2) is 46.7 Å². The molecule has 2 N–H and O–H groups in total. The Kier molecular flexibility index (Phi) is 5.03. The monoisotopic (exact) mass is 324 g/mol. The average Bonchev–Trinajstić information content (AvgIpc) is 2.91. The van der Waals surface area contributed by atoms with Crippen LogP contribution in [0, 0.1) is 0 Å². The highest BCUT2D eigenvalue weighted by atomic mass is 32.2. The molecule has 21 heavy (non-hydrogen) atoms. The zero-order chi connectivity index (χ0) is 15.5. The van der Waals surface area contributed by atoms with Crippen LogP contribution in [-0.4, -0.2) is 14.5 Å². The van der Waals surface area contributed by atoms with E-state index in [0.717, 1.165) is 0 Å². The molecule has 4 nitrogen and oxygen atoms in total. The minimum absolute atomic E-state index is 0.0559. The smallest absolute Gasteiger partial charge is 0.242 e. The Labute approximate surface area is 130 Å². The summed E-state index contributed by atoms with van der Waals surface area (Å²) in [5.41, 5.74) is 0.617. The quantitative estimate of drug-likeness (QED) is 0.853. The van der Waals surface area contributed by atoms with Crippen LogP contribution in [0.2, 0.25) is 0 Å². The second-order valence-electron chi connectivity index (χ2n) is 5.15. The maximum Gasteiger partial charge on any atom is 0.242 e. The van der Waals surface area contributed by atoms with Crippen molar-refractivity contribution < 1.29 is 8.42 Å². The summed E-state index contributed by atoms with van der Waals surface area (Å²) in [6.07, 6.45) is 0. The number of thiophene rings is 1. The summed E-state index contributed by atoms with van der Waals surface area (Å²) in [4.78, 5) is 1.45. The minimum Gasteiger partial charge on any atom is -0.377 e.